The number of alkyl halides is 2. The standard InChI is InChI=1S/C20H17F2N5O/c21-20(22)4-7-26(8-5-20)19(28)15-9-13-3-6-27(18(13)23-11-15)16-1-2-17-14(10-16)12-24-25-17/h1-3,6,9-12H,4-5,7-8H2,(H,24,25). The number of carbonyl (C=O) groups is 1. The number of hydrogen-bond donors (Lipinski definition) is 1. The van der Waals surface area contributed by atoms with E-state index in [9.17, 15) is 13.6 Å². The van der Waals surface area contributed by atoms with Crippen molar-refractivity contribution in [2.45, 2.75) is 18.8 Å². The SMILES string of the molecule is O=C(c1cnc2c(ccn2-c2ccc3[nH]ncc3c2)c1)N1CCC(F)(F)CC1. The molecule has 0 saturated carbocycles. The first-order valence-electron chi connectivity index (χ1n) is 9.08. The van der Waals surface area contributed by atoms with Gasteiger partial charge in [-0.1, -0.05) is 0 Å². The van der Waals surface area contributed by atoms with Gasteiger partial charge in [-0.15, -0.1) is 0 Å². The molecule has 5 rings (SSSR count). The predicted octanol–water partition coefficient (Wildman–Crippen LogP) is 3.77. The summed E-state index contributed by atoms with van der Waals surface area (Å²) in [4.78, 5) is 18.6. The molecule has 142 valence electrons. The van der Waals surface area contributed by atoms with Crippen LogP contribution < -0.4 is 0 Å². The average molecular weight is 381 g/mol. The van der Waals surface area contributed by atoms with E-state index in [0.29, 0.717) is 5.56 Å². The number of piperidine rings is 1. The monoisotopic (exact) mass is 381 g/mol. The molecule has 1 saturated heterocycles. The first-order valence-corrected chi connectivity index (χ1v) is 9.08. The van der Waals surface area contributed by atoms with Crippen LogP contribution in [0.15, 0.2) is 48.9 Å². The van der Waals surface area contributed by atoms with Crippen molar-refractivity contribution in [2.24, 2.45) is 0 Å². The second-order valence-corrected chi connectivity index (χ2v) is 7.11. The van der Waals surface area contributed by atoms with Crippen molar-refractivity contribution >= 4 is 27.8 Å². The molecule has 0 aliphatic carbocycles. The number of H-pyrrole nitrogens is 1. The van der Waals surface area contributed by atoms with Crippen molar-refractivity contribution in [3.63, 3.8) is 0 Å². The van der Waals surface area contributed by atoms with Gasteiger partial charge in [0.05, 0.1) is 17.3 Å². The molecule has 1 amide bonds. The zero-order valence-electron chi connectivity index (χ0n) is 14.9. The number of hydrogen-bond acceptors (Lipinski definition) is 3. The number of carbonyl (C=O) groups excluding carboxylic acids is 1. The van der Waals surface area contributed by atoms with E-state index in [-0.39, 0.29) is 31.8 Å². The van der Waals surface area contributed by atoms with Crippen LogP contribution in [-0.4, -0.2) is 49.6 Å². The molecular weight excluding hydrogens is 364 g/mol. The lowest BCUT2D eigenvalue weighted by atomic mass is 10.1. The smallest absolute Gasteiger partial charge is 0.255 e. The third kappa shape index (κ3) is 2.81. The molecule has 1 aliphatic heterocycles. The number of nitrogens with one attached hydrogen (secondary N) is 1. The molecule has 0 radical (unpaired) electrons. The van der Waals surface area contributed by atoms with Gasteiger partial charge < -0.3 is 9.47 Å². The van der Waals surface area contributed by atoms with Crippen molar-refractivity contribution in [1.82, 2.24) is 24.6 Å². The van der Waals surface area contributed by atoms with Crippen LogP contribution in [0.5, 0.6) is 0 Å². The van der Waals surface area contributed by atoms with Gasteiger partial charge in [0, 0.05) is 54.8 Å². The zero-order valence-corrected chi connectivity index (χ0v) is 14.9. The van der Waals surface area contributed by atoms with Crippen LogP contribution >= 0.6 is 0 Å². The Morgan fingerprint density at radius 1 is 1.07 bits per heavy atom. The summed E-state index contributed by atoms with van der Waals surface area (Å²) in [5.41, 5.74) is 3.03. The molecule has 1 N–H and O–H groups in total. The van der Waals surface area contributed by atoms with Crippen molar-refractivity contribution in [3.05, 3.63) is 54.5 Å². The maximum Gasteiger partial charge on any atom is 0.255 e. The topological polar surface area (TPSA) is 66.8 Å². The average Bonchev–Trinajstić information content (AvgIpc) is 3.33. The van der Waals surface area contributed by atoms with Gasteiger partial charge in [0.25, 0.3) is 11.8 Å². The van der Waals surface area contributed by atoms with Gasteiger partial charge >= 0.3 is 0 Å². The molecule has 0 spiro atoms. The van der Waals surface area contributed by atoms with E-state index in [1.54, 1.807) is 12.3 Å². The maximum atomic E-state index is 13.3. The molecule has 6 nitrogen and oxygen atoms in total. The van der Waals surface area contributed by atoms with Crippen molar-refractivity contribution in [3.8, 4) is 5.69 Å². The minimum absolute atomic E-state index is 0.0651. The second kappa shape index (κ2) is 6.12. The van der Waals surface area contributed by atoms with Crippen LogP contribution in [0.3, 0.4) is 0 Å². The summed E-state index contributed by atoms with van der Waals surface area (Å²) in [5, 5.41) is 8.77. The van der Waals surface area contributed by atoms with E-state index in [1.165, 1.54) is 11.1 Å². The van der Waals surface area contributed by atoms with Crippen LogP contribution in [0.4, 0.5) is 8.78 Å². The lowest BCUT2D eigenvalue weighted by Gasteiger charge is -2.31. The molecule has 3 aromatic heterocycles. The number of pyridine rings is 1. The number of nitrogens with zero attached hydrogens (tertiary/aromatic N) is 4. The number of amides is 1. The summed E-state index contributed by atoms with van der Waals surface area (Å²) >= 11 is 0. The number of likely N-dealkylation sites (tertiary alicyclic amines) is 1. The fourth-order valence-electron chi connectivity index (χ4n) is 3.65. The Labute approximate surface area is 158 Å². The second-order valence-electron chi connectivity index (χ2n) is 7.11. The van der Waals surface area contributed by atoms with Crippen LogP contribution in [0.1, 0.15) is 23.2 Å². The lowest BCUT2D eigenvalue weighted by molar-refractivity contribution is -0.0494. The van der Waals surface area contributed by atoms with Gasteiger partial charge in [-0.3, -0.25) is 9.89 Å². The normalized spacial score (nSPS) is 16.7. The van der Waals surface area contributed by atoms with E-state index in [0.717, 1.165) is 27.6 Å². The first-order chi connectivity index (χ1) is 13.5. The van der Waals surface area contributed by atoms with E-state index < -0.39 is 5.92 Å². The highest BCUT2D eigenvalue weighted by Gasteiger charge is 2.35. The number of rotatable bonds is 2. The van der Waals surface area contributed by atoms with Crippen LogP contribution in [0.2, 0.25) is 0 Å². The quantitative estimate of drug-likeness (QED) is 0.575. The van der Waals surface area contributed by atoms with E-state index >= 15 is 0 Å². The van der Waals surface area contributed by atoms with Gasteiger partial charge in [0.2, 0.25) is 0 Å². The predicted molar refractivity (Wildman–Crippen MR) is 101 cm³/mol. The third-order valence-electron chi connectivity index (χ3n) is 5.26. The summed E-state index contributed by atoms with van der Waals surface area (Å²) in [7, 11) is 0. The van der Waals surface area contributed by atoms with E-state index in [2.05, 4.69) is 15.2 Å². The molecule has 1 aromatic carbocycles. The zero-order chi connectivity index (χ0) is 19.3. The highest BCUT2D eigenvalue weighted by atomic mass is 19.3. The molecular formula is C20H17F2N5O. The molecule has 0 unspecified atom stereocenters. The number of fused-ring (bicyclic) bond motifs is 2. The molecule has 0 bridgehead atoms. The Kier molecular flexibility index (Phi) is 3.68. The largest absolute Gasteiger partial charge is 0.338 e. The molecule has 4 aromatic rings. The molecule has 8 heteroatoms. The van der Waals surface area contributed by atoms with Crippen LogP contribution in [0, 0.1) is 0 Å². The summed E-state index contributed by atoms with van der Waals surface area (Å²) in [6.07, 6.45) is 4.60. The Balaban J connectivity index is 1.45. The van der Waals surface area contributed by atoms with Crippen LogP contribution in [0.25, 0.3) is 27.6 Å². The highest BCUT2D eigenvalue weighted by Crippen LogP contribution is 2.29. The number of aromatic amines is 1. The van der Waals surface area contributed by atoms with Gasteiger partial charge in [0.1, 0.15) is 5.65 Å². The summed E-state index contributed by atoms with van der Waals surface area (Å²) in [6, 6.07) is 9.59. The number of aromatic nitrogens is 4. The highest BCUT2D eigenvalue weighted by molar-refractivity contribution is 5.97. The summed E-state index contributed by atoms with van der Waals surface area (Å²) < 4.78 is 28.6. The first kappa shape index (κ1) is 16.9. The maximum absolute atomic E-state index is 13.3. The fourth-order valence-corrected chi connectivity index (χ4v) is 3.65. The minimum Gasteiger partial charge on any atom is -0.338 e. The fraction of sp³-hybridized carbons (Fsp3) is 0.250. The van der Waals surface area contributed by atoms with Crippen LogP contribution in [-0.2, 0) is 0 Å². The Morgan fingerprint density at radius 2 is 1.89 bits per heavy atom. The number of halogens is 2. The van der Waals surface area contributed by atoms with Gasteiger partial charge in [0.15, 0.2) is 0 Å². The Hall–Kier alpha value is -3.29. The van der Waals surface area contributed by atoms with Crippen molar-refractivity contribution < 1.29 is 13.6 Å². The molecule has 28 heavy (non-hydrogen) atoms. The Bertz CT molecular complexity index is 1190. The third-order valence-corrected chi connectivity index (χ3v) is 5.26. The molecule has 4 heterocycles. The lowest BCUT2D eigenvalue weighted by Crippen LogP contribution is -2.42. The van der Waals surface area contributed by atoms with E-state index in [4.69, 9.17) is 0 Å². The van der Waals surface area contributed by atoms with E-state index in [1.807, 2.05) is 35.0 Å². The van der Waals surface area contributed by atoms with Crippen molar-refractivity contribution in [1.29, 1.82) is 0 Å². The molecule has 1 aliphatic rings. The Morgan fingerprint density at radius 3 is 2.71 bits per heavy atom. The minimum atomic E-state index is -2.67. The number of benzene rings is 1. The van der Waals surface area contributed by atoms with Gasteiger partial charge in [-0.2, -0.15) is 5.10 Å². The summed E-state index contributed by atoms with van der Waals surface area (Å²) in [5.74, 6) is -2.93. The molecule has 0 atom stereocenters. The summed E-state index contributed by atoms with van der Waals surface area (Å²) in [6.45, 7) is 0.130. The van der Waals surface area contributed by atoms with Crippen molar-refractivity contribution in [2.75, 3.05) is 13.1 Å². The van der Waals surface area contributed by atoms with Gasteiger partial charge in [-0.05, 0) is 30.3 Å². The van der Waals surface area contributed by atoms with Gasteiger partial charge in [-0.25, -0.2) is 13.8 Å². The molecule has 1 fully saturated rings.